The van der Waals surface area contributed by atoms with Crippen LogP contribution in [-0.2, 0) is 14.3 Å². The molecule has 0 radical (unpaired) electrons. The Morgan fingerprint density at radius 2 is 1.66 bits per heavy atom. The van der Waals surface area contributed by atoms with Gasteiger partial charge in [0.15, 0.2) is 0 Å². The summed E-state index contributed by atoms with van der Waals surface area (Å²) in [4.78, 5) is 39.3. The van der Waals surface area contributed by atoms with Crippen LogP contribution in [0, 0.1) is 17.8 Å². The van der Waals surface area contributed by atoms with E-state index >= 15 is 0 Å². The van der Waals surface area contributed by atoms with Crippen LogP contribution in [-0.4, -0.2) is 53.7 Å². The second-order valence-corrected chi connectivity index (χ2v) is 10.1. The van der Waals surface area contributed by atoms with Crippen molar-refractivity contribution in [3.8, 4) is 11.1 Å². The van der Waals surface area contributed by atoms with E-state index in [4.69, 9.17) is 4.74 Å². The Balaban J connectivity index is 1.22. The van der Waals surface area contributed by atoms with Crippen LogP contribution in [0.3, 0.4) is 0 Å². The number of hydrogen-bond donors (Lipinski definition) is 2. The number of nitrogens with one attached hydrogen (secondary N) is 1. The van der Waals surface area contributed by atoms with Crippen molar-refractivity contribution < 1.29 is 24.2 Å². The van der Waals surface area contributed by atoms with Crippen LogP contribution < -0.4 is 5.32 Å². The molecule has 2 aromatic rings. The van der Waals surface area contributed by atoms with Gasteiger partial charge < -0.3 is 20.1 Å². The summed E-state index contributed by atoms with van der Waals surface area (Å²) in [5.74, 6) is -1.48. The minimum absolute atomic E-state index is 0.0281. The summed E-state index contributed by atoms with van der Waals surface area (Å²) >= 11 is 0. The number of aliphatic carboxylic acids is 1. The Kier molecular flexibility index (Phi) is 6.50. The highest BCUT2D eigenvalue weighted by molar-refractivity contribution is 5.86. The summed E-state index contributed by atoms with van der Waals surface area (Å²) in [6.07, 6.45) is 3.03. The van der Waals surface area contributed by atoms with Crippen LogP contribution in [0.25, 0.3) is 11.1 Å². The molecule has 2 amide bonds. The first-order chi connectivity index (χ1) is 17.0. The standard InChI is InChI=1S/C28H32N2O5/c1-17-13-14-30(25(17)27(32)33)26(31)23(18-7-6-8-18)15-29-28(34)35-16-24-21-11-4-2-9-19(21)20-10-3-5-12-22(20)24/h2-5,9-12,17-18,23-25H,6-8,13-16H2,1H3,(H,29,34)(H,32,33). The molecule has 3 unspecified atom stereocenters. The van der Waals surface area contributed by atoms with Gasteiger partial charge in [0.2, 0.25) is 5.91 Å². The first-order valence-corrected chi connectivity index (χ1v) is 12.6. The summed E-state index contributed by atoms with van der Waals surface area (Å²) in [6, 6.07) is 15.6. The molecule has 35 heavy (non-hydrogen) atoms. The van der Waals surface area contributed by atoms with E-state index in [1.54, 1.807) is 0 Å². The molecule has 3 aliphatic rings. The molecule has 2 aliphatic carbocycles. The number of alkyl carbamates (subject to hydrolysis) is 1. The van der Waals surface area contributed by atoms with Crippen LogP contribution in [0.4, 0.5) is 4.79 Å². The summed E-state index contributed by atoms with van der Waals surface area (Å²) in [5, 5.41) is 12.4. The van der Waals surface area contributed by atoms with Gasteiger partial charge in [-0.05, 0) is 53.4 Å². The Hall–Kier alpha value is -3.35. The van der Waals surface area contributed by atoms with Crippen molar-refractivity contribution in [1.82, 2.24) is 10.2 Å². The molecule has 5 rings (SSSR count). The number of likely N-dealkylation sites (tertiary alicyclic amines) is 1. The molecule has 0 aromatic heterocycles. The smallest absolute Gasteiger partial charge is 0.407 e. The van der Waals surface area contributed by atoms with Gasteiger partial charge >= 0.3 is 12.1 Å². The maximum atomic E-state index is 13.4. The summed E-state index contributed by atoms with van der Waals surface area (Å²) in [6.45, 7) is 2.70. The molecule has 2 fully saturated rings. The van der Waals surface area contributed by atoms with E-state index in [1.807, 2.05) is 31.2 Å². The van der Waals surface area contributed by atoms with Crippen molar-refractivity contribution in [1.29, 1.82) is 0 Å². The van der Waals surface area contributed by atoms with Crippen LogP contribution in [0.5, 0.6) is 0 Å². The van der Waals surface area contributed by atoms with Crippen molar-refractivity contribution in [2.45, 2.75) is 44.6 Å². The maximum Gasteiger partial charge on any atom is 0.407 e. The van der Waals surface area contributed by atoms with Gasteiger partial charge in [0, 0.05) is 19.0 Å². The van der Waals surface area contributed by atoms with Gasteiger partial charge in [-0.15, -0.1) is 0 Å². The number of ether oxygens (including phenoxy) is 1. The first kappa shape index (κ1) is 23.4. The van der Waals surface area contributed by atoms with Crippen molar-refractivity contribution in [2.75, 3.05) is 19.7 Å². The normalized spacial score (nSPS) is 22.1. The number of carboxylic acid groups (broad SMARTS) is 1. The van der Waals surface area contributed by atoms with Gasteiger partial charge in [-0.25, -0.2) is 9.59 Å². The average molecular weight is 477 g/mol. The van der Waals surface area contributed by atoms with E-state index in [1.165, 1.54) is 16.0 Å². The van der Waals surface area contributed by atoms with E-state index in [0.717, 1.165) is 30.4 Å². The third kappa shape index (κ3) is 4.40. The molecule has 0 bridgehead atoms. The summed E-state index contributed by atoms with van der Waals surface area (Å²) in [5.41, 5.74) is 4.62. The van der Waals surface area contributed by atoms with Gasteiger partial charge in [0.1, 0.15) is 12.6 Å². The fourth-order valence-electron chi connectivity index (χ4n) is 5.92. The fraction of sp³-hybridized carbons (Fsp3) is 0.464. The zero-order valence-electron chi connectivity index (χ0n) is 20.0. The van der Waals surface area contributed by atoms with Crippen molar-refractivity contribution in [3.05, 3.63) is 59.7 Å². The third-order valence-electron chi connectivity index (χ3n) is 8.08. The summed E-state index contributed by atoms with van der Waals surface area (Å²) < 4.78 is 5.63. The predicted octanol–water partition coefficient (Wildman–Crippen LogP) is 4.26. The lowest BCUT2D eigenvalue weighted by molar-refractivity contribution is -0.152. The Bertz CT molecular complexity index is 1080. The molecule has 0 spiro atoms. The number of carbonyl (C=O) groups is 3. The molecule has 2 aromatic carbocycles. The van der Waals surface area contributed by atoms with Crippen molar-refractivity contribution >= 4 is 18.0 Å². The van der Waals surface area contributed by atoms with Gasteiger partial charge in [-0.2, -0.15) is 0 Å². The lowest BCUT2D eigenvalue weighted by Gasteiger charge is -2.36. The second kappa shape index (κ2) is 9.72. The van der Waals surface area contributed by atoms with Gasteiger partial charge in [-0.1, -0.05) is 61.9 Å². The van der Waals surface area contributed by atoms with E-state index in [-0.39, 0.29) is 36.8 Å². The zero-order valence-corrected chi connectivity index (χ0v) is 20.0. The Morgan fingerprint density at radius 3 is 2.23 bits per heavy atom. The van der Waals surface area contributed by atoms with Crippen LogP contribution in [0.1, 0.15) is 49.7 Å². The lowest BCUT2D eigenvalue weighted by Crippen LogP contribution is -2.50. The molecular weight excluding hydrogens is 444 g/mol. The predicted molar refractivity (Wildman–Crippen MR) is 131 cm³/mol. The molecule has 7 nitrogen and oxygen atoms in total. The van der Waals surface area contributed by atoms with Crippen molar-refractivity contribution in [2.24, 2.45) is 17.8 Å². The van der Waals surface area contributed by atoms with E-state index in [2.05, 4.69) is 29.6 Å². The topological polar surface area (TPSA) is 95.9 Å². The van der Waals surface area contributed by atoms with Gasteiger partial charge in [0.25, 0.3) is 0 Å². The number of carbonyl (C=O) groups excluding carboxylic acids is 2. The zero-order chi connectivity index (χ0) is 24.5. The lowest BCUT2D eigenvalue weighted by atomic mass is 9.75. The number of nitrogens with zero attached hydrogens (tertiary/aromatic N) is 1. The number of amides is 2. The monoisotopic (exact) mass is 476 g/mol. The first-order valence-electron chi connectivity index (χ1n) is 12.6. The molecule has 184 valence electrons. The number of carboxylic acids is 1. The maximum absolute atomic E-state index is 13.4. The van der Waals surface area contributed by atoms with Crippen LogP contribution >= 0.6 is 0 Å². The number of rotatable bonds is 7. The molecule has 2 N–H and O–H groups in total. The van der Waals surface area contributed by atoms with Crippen molar-refractivity contribution in [3.63, 3.8) is 0 Å². The minimum Gasteiger partial charge on any atom is -0.480 e. The molecule has 7 heteroatoms. The second-order valence-electron chi connectivity index (χ2n) is 10.1. The van der Waals surface area contributed by atoms with E-state index in [9.17, 15) is 19.5 Å². The highest BCUT2D eigenvalue weighted by Crippen LogP contribution is 2.44. The molecule has 1 heterocycles. The highest BCUT2D eigenvalue weighted by atomic mass is 16.5. The van der Waals surface area contributed by atoms with Crippen LogP contribution in [0.15, 0.2) is 48.5 Å². The highest BCUT2D eigenvalue weighted by Gasteiger charge is 2.44. The number of hydrogen-bond acceptors (Lipinski definition) is 4. The van der Waals surface area contributed by atoms with Gasteiger partial charge in [0.05, 0.1) is 5.92 Å². The van der Waals surface area contributed by atoms with E-state index < -0.39 is 24.0 Å². The van der Waals surface area contributed by atoms with Crippen LogP contribution in [0.2, 0.25) is 0 Å². The third-order valence-corrected chi connectivity index (χ3v) is 8.08. The quantitative estimate of drug-likeness (QED) is 0.622. The Morgan fingerprint density at radius 1 is 1.03 bits per heavy atom. The number of benzene rings is 2. The fourth-order valence-corrected chi connectivity index (χ4v) is 5.92. The average Bonchev–Trinajstić information content (AvgIpc) is 3.37. The summed E-state index contributed by atoms with van der Waals surface area (Å²) in [7, 11) is 0. The number of fused-ring (bicyclic) bond motifs is 3. The molecular formula is C28H32N2O5. The van der Waals surface area contributed by atoms with E-state index in [0.29, 0.717) is 13.0 Å². The minimum atomic E-state index is -0.958. The molecule has 1 aliphatic heterocycles. The van der Waals surface area contributed by atoms with Gasteiger partial charge in [-0.3, -0.25) is 4.79 Å². The Labute approximate surface area is 205 Å². The SMILES string of the molecule is CC1CCN(C(=O)C(CNC(=O)OCC2c3ccccc3-c3ccccc32)C2CCC2)C1C(=O)O. The molecule has 3 atom stereocenters. The largest absolute Gasteiger partial charge is 0.480 e. The molecule has 1 saturated carbocycles. The molecule has 1 saturated heterocycles.